The van der Waals surface area contributed by atoms with E-state index in [1.807, 2.05) is 18.2 Å². The Labute approximate surface area is 213 Å². The average molecular weight is 496 g/mol. The number of amides is 1. The Morgan fingerprint density at radius 2 is 1.83 bits per heavy atom. The van der Waals surface area contributed by atoms with E-state index in [0.717, 1.165) is 24.3 Å². The molecule has 0 bridgehead atoms. The van der Waals surface area contributed by atoms with Crippen molar-refractivity contribution >= 4 is 39.9 Å². The number of carbonyl (C=O) groups excluding carboxylic acids is 1. The molecule has 1 aliphatic heterocycles. The van der Waals surface area contributed by atoms with E-state index in [1.165, 1.54) is 34.9 Å². The summed E-state index contributed by atoms with van der Waals surface area (Å²) in [5, 5.41) is 13.0. The van der Waals surface area contributed by atoms with Crippen molar-refractivity contribution < 1.29 is 4.79 Å². The van der Waals surface area contributed by atoms with E-state index < -0.39 is 0 Å². The predicted molar refractivity (Wildman–Crippen MR) is 144 cm³/mol. The van der Waals surface area contributed by atoms with Crippen LogP contribution >= 0.6 is 11.8 Å². The first kappa shape index (κ1) is 23.6. The van der Waals surface area contributed by atoms with Crippen LogP contribution in [0, 0.1) is 18.3 Å². The fraction of sp³-hybridized carbons (Fsp3) is 0.214. The molecular formula is C28H25N5O2S. The number of nitrogens with one attached hydrogen (secondary N) is 1. The van der Waals surface area contributed by atoms with Gasteiger partial charge in [0.2, 0.25) is 5.91 Å². The van der Waals surface area contributed by atoms with Crippen LogP contribution < -0.4 is 15.8 Å². The largest absolute Gasteiger partial charge is 0.371 e. The molecule has 36 heavy (non-hydrogen) atoms. The zero-order valence-corrected chi connectivity index (χ0v) is 20.7. The highest BCUT2D eigenvalue weighted by Gasteiger charge is 2.17. The van der Waals surface area contributed by atoms with Gasteiger partial charge in [-0.25, -0.2) is 4.98 Å². The third-order valence-corrected chi connectivity index (χ3v) is 7.20. The van der Waals surface area contributed by atoms with E-state index in [0.29, 0.717) is 27.3 Å². The van der Waals surface area contributed by atoms with Gasteiger partial charge in [-0.1, -0.05) is 23.9 Å². The fourth-order valence-electron chi connectivity index (χ4n) is 4.50. The molecule has 0 saturated carbocycles. The van der Waals surface area contributed by atoms with Crippen LogP contribution in [0.1, 0.15) is 24.0 Å². The molecule has 8 heteroatoms. The minimum atomic E-state index is -0.221. The molecule has 0 radical (unpaired) electrons. The maximum Gasteiger partial charge on any atom is 0.266 e. The van der Waals surface area contributed by atoms with E-state index in [2.05, 4.69) is 34.3 Å². The van der Waals surface area contributed by atoms with E-state index in [1.54, 1.807) is 42.5 Å². The van der Waals surface area contributed by atoms with Gasteiger partial charge in [0.1, 0.15) is 0 Å². The standard InChI is InChI=1S/C28H25N5O2S/c1-19-16-21(10-13-25(19)32-14-4-5-15-32)30-26(34)18-36-28-31-24-7-3-2-6-23(24)27(35)33(28)22-11-8-20(17-29)9-12-22/h2-3,6-13,16H,4-5,14-15,18H2,1H3,(H,30,34). The summed E-state index contributed by atoms with van der Waals surface area (Å²) in [6.07, 6.45) is 2.43. The number of aromatic nitrogens is 2. The van der Waals surface area contributed by atoms with Crippen molar-refractivity contribution in [3.05, 3.63) is 88.2 Å². The number of anilines is 2. The van der Waals surface area contributed by atoms with Crippen LogP contribution in [0.15, 0.2) is 76.7 Å². The first-order valence-electron chi connectivity index (χ1n) is 11.8. The fourth-order valence-corrected chi connectivity index (χ4v) is 5.31. The monoisotopic (exact) mass is 495 g/mol. The van der Waals surface area contributed by atoms with E-state index in [-0.39, 0.29) is 17.2 Å². The second-order valence-electron chi connectivity index (χ2n) is 8.74. The molecule has 1 aliphatic rings. The second kappa shape index (κ2) is 10.3. The number of carbonyl (C=O) groups is 1. The highest BCUT2D eigenvalue weighted by atomic mass is 32.2. The maximum atomic E-state index is 13.4. The van der Waals surface area contributed by atoms with Gasteiger partial charge < -0.3 is 10.2 Å². The number of rotatable bonds is 6. The normalized spacial score (nSPS) is 13.1. The number of fused-ring (bicyclic) bond motifs is 1. The lowest BCUT2D eigenvalue weighted by Crippen LogP contribution is -2.23. The molecule has 180 valence electrons. The highest BCUT2D eigenvalue weighted by molar-refractivity contribution is 7.99. The van der Waals surface area contributed by atoms with Gasteiger partial charge in [-0.15, -0.1) is 0 Å². The Balaban J connectivity index is 1.38. The van der Waals surface area contributed by atoms with Crippen LogP contribution in [0.25, 0.3) is 16.6 Å². The van der Waals surface area contributed by atoms with Gasteiger partial charge in [0.05, 0.1) is 34.0 Å². The van der Waals surface area contributed by atoms with Gasteiger partial charge in [0.15, 0.2) is 5.16 Å². The predicted octanol–water partition coefficient (Wildman–Crippen LogP) is 4.90. The van der Waals surface area contributed by atoms with Crippen molar-refractivity contribution in [3.8, 4) is 11.8 Å². The first-order valence-corrected chi connectivity index (χ1v) is 12.8. The van der Waals surface area contributed by atoms with Gasteiger partial charge in [-0.3, -0.25) is 14.2 Å². The van der Waals surface area contributed by atoms with Gasteiger partial charge in [0, 0.05) is 24.5 Å². The number of thioether (sulfide) groups is 1. The summed E-state index contributed by atoms with van der Waals surface area (Å²) in [5.41, 5.74) is 4.54. The molecule has 1 saturated heterocycles. The number of benzene rings is 3. The van der Waals surface area contributed by atoms with Crippen molar-refractivity contribution in [2.24, 2.45) is 0 Å². The van der Waals surface area contributed by atoms with Crippen LogP contribution in [-0.4, -0.2) is 34.3 Å². The zero-order chi connectivity index (χ0) is 25.1. The molecule has 5 rings (SSSR count). The Kier molecular flexibility index (Phi) is 6.74. The second-order valence-corrected chi connectivity index (χ2v) is 9.69. The lowest BCUT2D eigenvalue weighted by Gasteiger charge is -2.20. The molecule has 3 aromatic carbocycles. The average Bonchev–Trinajstić information content (AvgIpc) is 3.42. The molecule has 4 aromatic rings. The Hall–Kier alpha value is -4.09. The van der Waals surface area contributed by atoms with Gasteiger partial charge in [-0.2, -0.15) is 5.26 Å². The van der Waals surface area contributed by atoms with Gasteiger partial charge in [0.25, 0.3) is 5.56 Å². The summed E-state index contributed by atoms with van der Waals surface area (Å²) in [4.78, 5) is 33.2. The molecule has 7 nitrogen and oxygen atoms in total. The van der Waals surface area contributed by atoms with Gasteiger partial charge in [-0.05, 0) is 79.9 Å². The topological polar surface area (TPSA) is 91.0 Å². The van der Waals surface area contributed by atoms with E-state index >= 15 is 0 Å². The third-order valence-electron chi connectivity index (χ3n) is 6.26. The molecule has 0 spiro atoms. The summed E-state index contributed by atoms with van der Waals surface area (Å²) in [6.45, 7) is 4.21. The summed E-state index contributed by atoms with van der Waals surface area (Å²) in [5.74, 6) is -0.0873. The molecule has 0 unspecified atom stereocenters. The number of hydrogen-bond acceptors (Lipinski definition) is 6. The first-order chi connectivity index (χ1) is 17.5. The lowest BCUT2D eigenvalue weighted by molar-refractivity contribution is -0.113. The number of hydrogen-bond donors (Lipinski definition) is 1. The summed E-state index contributed by atoms with van der Waals surface area (Å²) < 4.78 is 1.50. The molecule has 1 N–H and O–H groups in total. The summed E-state index contributed by atoms with van der Waals surface area (Å²) in [7, 11) is 0. The summed E-state index contributed by atoms with van der Waals surface area (Å²) in [6, 6.07) is 22.0. The number of para-hydroxylation sites is 1. The van der Waals surface area contributed by atoms with Crippen LogP contribution in [0.5, 0.6) is 0 Å². The van der Waals surface area contributed by atoms with E-state index in [9.17, 15) is 9.59 Å². The van der Waals surface area contributed by atoms with Crippen LogP contribution in [0.3, 0.4) is 0 Å². The third kappa shape index (κ3) is 4.83. The van der Waals surface area contributed by atoms with Crippen molar-refractivity contribution in [2.45, 2.75) is 24.9 Å². The van der Waals surface area contributed by atoms with Crippen molar-refractivity contribution in [3.63, 3.8) is 0 Å². The van der Waals surface area contributed by atoms with Crippen LogP contribution in [0.4, 0.5) is 11.4 Å². The SMILES string of the molecule is Cc1cc(NC(=O)CSc2nc3ccccc3c(=O)n2-c2ccc(C#N)cc2)ccc1N1CCCC1. The molecule has 1 amide bonds. The molecule has 1 aromatic heterocycles. The van der Waals surface area contributed by atoms with Crippen LogP contribution in [-0.2, 0) is 4.79 Å². The smallest absolute Gasteiger partial charge is 0.266 e. The van der Waals surface area contributed by atoms with Crippen LogP contribution in [0.2, 0.25) is 0 Å². The summed E-state index contributed by atoms with van der Waals surface area (Å²) >= 11 is 1.20. The molecule has 0 aliphatic carbocycles. The lowest BCUT2D eigenvalue weighted by atomic mass is 10.1. The van der Waals surface area contributed by atoms with E-state index in [4.69, 9.17) is 5.26 Å². The van der Waals surface area contributed by atoms with Crippen molar-refractivity contribution in [1.29, 1.82) is 5.26 Å². The minimum absolute atomic E-state index is 0.0913. The Morgan fingerprint density at radius 3 is 2.56 bits per heavy atom. The molecule has 1 fully saturated rings. The Bertz CT molecular complexity index is 1530. The number of aryl methyl sites for hydroxylation is 1. The number of nitriles is 1. The Morgan fingerprint density at radius 1 is 1.08 bits per heavy atom. The zero-order valence-electron chi connectivity index (χ0n) is 19.9. The van der Waals surface area contributed by atoms with Gasteiger partial charge >= 0.3 is 0 Å². The molecule has 2 heterocycles. The maximum absolute atomic E-state index is 13.4. The van der Waals surface area contributed by atoms with Crippen molar-refractivity contribution in [1.82, 2.24) is 9.55 Å². The molecular weight excluding hydrogens is 470 g/mol. The quantitative estimate of drug-likeness (QED) is 0.302. The minimum Gasteiger partial charge on any atom is -0.371 e. The number of nitrogens with zero attached hydrogens (tertiary/aromatic N) is 4. The van der Waals surface area contributed by atoms with Crippen molar-refractivity contribution in [2.75, 3.05) is 29.1 Å². The molecule has 0 atom stereocenters. The highest BCUT2D eigenvalue weighted by Crippen LogP contribution is 2.27.